The van der Waals surface area contributed by atoms with E-state index in [9.17, 15) is 0 Å². The summed E-state index contributed by atoms with van der Waals surface area (Å²) in [5.74, 6) is 0. The summed E-state index contributed by atoms with van der Waals surface area (Å²) >= 11 is 0. The Kier molecular flexibility index (Phi) is 4.93. The van der Waals surface area contributed by atoms with Gasteiger partial charge in [0.05, 0.1) is 17.9 Å². The van der Waals surface area contributed by atoms with Gasteiger partial charge in [0, 0.05) is 25.5 Å². The fraction of sp³-hybridized carbons (Fsp3) is 0.438. The van der Waals surface area contributed by atoms with Gasteiger partial charge in [0.15, 0.2) is 0 Å². The van der Waals surface area contributed by atoms with Gasteiger partial charge in [0.1, 0.15) is 0 Å². The molecule has 0 fully saturated rings. The van der Waals surface area contributed by atoms with Gasteiger partial charge in [-0.2, -0.15) is 5.10 Å². The highest BCUT2D eigenvalue weighted by Crippen LogP contribution is 2.13. The summed E-state index contributed by atoms with van der Waals surface area (Å²) in [7, 11) is 0. The van der Waals surface area contributed by atoms with Crippen LogP contribution in [0.2, 0.25) is 0 Å². The molecule has 0 atom stereocenters. The van der Waals surface area contributed by atoms with Crippen LogP contribution >= 0.6 is 0 Å². The van der Waals surface area contributed by atoms with Crippen LogP contribution in [0.3, 0.4) is 0 Å². The number of para-hydroxylation sites is 1. The Hall–Kier alpha value is -1.65. The normalized spacial score (nSPS) is 11.8. The molecular weight excluding hydrogens is 250 g/mol. The fourth-order valence-corrected chi connectivity index (χ4v) is 1.95. The second-order valence-electron chi connectivity index (χ2n) is 5.72. The third kappa shape index (κ3) is 4.47. The summed E-state index contributed by atoms with van der Waals surface area (Å²) in [5.41, 5.74) is 2.27. The molecule has 1 heterocycles. The predicted octanol–water partition coefficient (Wildman–Crippen LogP) is 2.78. The summed E-state index contributed by atoms with van der Waals surface area (Å²) in [6.07, 6.45) is 3.75. The van der Waals surface area contributed by atoms with E-state index >= 15 is 0 Å². The van der Waals surface area contributed by atoms with Crippen LogP contribution in [0.1, 0.15) is 26.3 Å². The van der Waals surface area contributed by atoms with Crippen molar-refractivity contribution in [3.05, 3.63) is 48.3 Å². The van der Waals surface area contributed by atoms with Crippen LogP contribution in [-0.4, -0.2) is 28.5 Å². The molecule has 0 bridgehead atoms. The van der Waals surface area contributed by atoms with Crippen molar-refractivity contribution in [1.29, 1.82) is 0 Å². The van der Waals surface area contributed by atoms with E-state index in [4.69, 9.17) is 4.74 Å². The summed E-state index contributed by atoms with van der Waals surface area (Å²) in [4.78, 5) is 0. The molecular formula is C16H23N3O. The van der Waals surface area contributed by atoms with Gasteiger partial charge in [0.2, 0.25) is 0 Å². The monoisotopic (exact) mass is 273 g/mol. The van der Waals surface area contributed by atoms with Crippen molar-refractivity contribution >= 4 is 0 Å². The molecule has 0 amide bonds. The highest BCUT2D eigenvalue weighted by atomic mass is 16.5. The Morgan fingerprint density at radius 3 is 2.70 bits per heavy atom. The quantitative estimate of drug-likeness (QED) is 0.823. The number of rotatable bonds is 6. The molecule has 1 N–H and O–H groups in total. The first-order chi connectivity index (χ1) is 9.56. The highest BCUT2D eigenvalue weighted by molar-refractivity contribution is 5.40. The smallest absolute Gasteiger partial charge is 0.0690 e. The second-order valence-corrected chi connectivity index (χ2v) is 5.72. The van der Waals surface area contributed by atoms with E-state index in [0.717, 1.165) is 18.8 Å². The summed E-state index contributed by atoms with van der Waals surface area (Å²) in [6, 6.07) is 10.2. The van der Waals surface area contributed by atoms with E-state index < -0.39 is 0 Å². The van der Waals surface area contributed by atoms with Crippen molar-refractivity contribution in [2.75, 3.05) is 13.2 Å². The molecule has 0 saturated carbocycles. The third-order valence-corrected chi connectivity index (χ3v) is 2.87. The molecule has 0 aliphatic heterocycles. The number of hydrogen-bond donors (Lipinski definition) is 1. The van der Waals surface area contributed by atoms with Gasteiger partial charge >= 0.3 is 0 Å². The molecule has 4 nitrogen and oxygen atoms in total. The lowest BCUT2D eigenvalue weighted by atomic mass is 10.2. The largest absolute Gasteiger partial charge is 0.375 e. The predicted molar refractivity (Wildman–Crippen MR) is 81.0 cm³/mol. The number of aromatic nitrogens is 2. The SMILES string of the molecule is CC(C)(C)OCCNCc1ccccc1-n1cccn1. The molecule has 0 unspecified atom stereocenters. The van der Waals surface area contributed by atoms with Gasteiger partial charge in [0.25, 0.3) is 0 Å². The average molecular weight is 273 g/mol. The summed E-state index contributed by atoms with van der Waals surface area (Å²) < 4.78 is 7.58. The molecule has 0 spiro atoms. The lowest BCUT2D eigenvalue weighted by molar-refractivity contribution is -0.000886. The Morgan fingerprint density at radius 2 is 2.00 bits per heavy atom. The van der Waals surface area contributed by atoms with E-state index in [-0.39, 0.29) is 5.60 Å². The lowest BCUT2D eigenvalue weighted by Crippen LogP contribution is -2.26. The van der Waals surface area contributed by atoms with Crippen LogP contribution in [0.4, 0.5) is 0 Å². The van der Waals surface area contributed by atoms with Gasteiger partial charge in [-0.05, 0) is 38.5 Å². The van der Waals surface area contributed by atoms with Crippen LogP contribution in [0, 0.1) is 0 Å². The number of nitrogens with one attached hydrogen (secondary N) is 1. The minimum atomic E-state index is -0.0748. The van der Waals surface area contributed by atoms with Crippen molar-refractivity contribution in [1.82, 2.24) is 15.1 Å². The molecule has 1 aromatic carbocycles. The van der Waals surface area contributed by atoms with Crippen LogP contribution in [0.25, 0.3) is 5.69 Å². The molecule has 0 aliphatic carbocycles. The molecule has 2 rings (SSSR count). The van der Waals surface area contributed by atoms with Crippen LogP contribution in [0.15, 0.2) is 42.7 Å². The van der Waals surface area contributed by atoms with E-state index in [1.165, 1.54) is 5.56 Å². The third-order valence-electron chi connectivity index (χ3n) is 2.87. The van der Waals surface area contributed by atoms with Crippen molar-refractivity contribution < 1.29 is 4.74 Å². The zero-order chi connectivity index (χ0) is 14.4. The van der Waals surface area contributed by atoms with Crippen molar-refractivity contribution in [2.45, 2.75) is 32.9 Å². The Morgan fingerprint density at radius 1 is 1.20 bits per heavy atom. The first-order valence-electron chi connectivity index (χ1n) is 6.99. The minimum Gasteiger partial charge on any atom is -0.375 e. The fourth-order valence-electron chi connectivity index (χ4n) is 1.95. The molecule has 1 aromatic heterocycles. The maximum Gasteiger partial charge on any atom is 0.0690 e. The molecule has 0 radical (unpaired) electrons. The minimum absolute atomic E-state index is 0.0748. The Bertz CT molecular complexity index is 515. The number of ether oxygens (including phenoxy) is 1. The first kappa shape index (κ1) is 14.8. The zero-order valence-corrected chi connectivity index (χ0v) is 12.5. The average Bonchev–Trinajstić information content (AvgIpc) is 2.91. The van der Waals surface area contributed by atoms with Gasteiger partial charge < -0.3 is 10.1 Å². The summed E-state index contributed by atoms with van der Waals surface area (Å²) in [5, 5.41) is 7.70. The molecule has 20 heavy (non-hydrogen) atoms. The van der Waals surface area contributed by atoms with Crippen LogP contribution < -0.4 is 5.32 Å². The van der Waals surface area contributed by atoms with E-state index in [1.807, 2.05) is 23.0 Å². The molecule has 0 aliphatic rings. The van der Waals surface area contributed by atoms with E-state index in [0.29, 0.717) is 6.61 Å². The first-order valence-corrected chi connectivity index (χ1v) is 6.99. The van der Waals surface area contributed by atoms with Gasteiger partial charge in [-0.25, -0.2) is 4.68 Å². The van der Waals surface area contributed by atoms with Gasteiger partial charge in [-0.3, -0.25) is 0 Å². The van der Waals surface area contributed by atoms with Crippen molar-refractivity contribution in [3.63, 3.8) is 0 Å². The Balaban J connectivity index is 1.88. The number of nitrogens with zero attached hydrogens (tertiary/aromatic N) is 2. The second kappa shape index (κ2) is 6.68. The van der Waals surface area contributed by atoms with E-state index in [2.05, 4.69) is 49.4 Å². The zero-order valence-electron chi connectivity index (χ0n) is 12.5. The van der Waals surface area contributed by atoms with Gasteiger partial charge in [-0.1, -0.05) is 18.2 Å². The maximum atomic E-state index is 5.69. The van der Waals surface area contributed by atoms with Gasteiger partial charge in [-0.15, -0.1) is 0 Å². The van der Waals surface area contributed by atoms with Crippen LogP contribution in [-0.2, 0) is 11.3 Å². The van der Waals surface area contributed by atoms with Crippen LogP contribution in [0.5, 0.6) is 0 Å². The maximum absolute atomic E-state index is 5.69. The molecule has 2 aromatic rings. The number of hydrogen-bond acceptors (Lipinski definition) is 3. The van der Waals surface area contributed by atoms with E-state index in [1.54, 1.807) is 6.20 Å². The standard InChI is InChI=1S/C16H23N3O/c1-16(2,3)20-12-10-17-13-14-7-4-5-8-15(14)19-11-6-9-18-19/h4-9,11,17H,10,12-13H2,1-3H3. The molecule has 0 saturated heterocycles. The van der Waals surface area contributed by atoms with Crippen molar-refractivity contribution in [2.24, 2.45) is 0 Å². The van der Waals surface area contributed by atoms with Crippen molar-refractivity contribution in [3.8, 4) is 5.69 Å². The molecule has 4 heteroatoms. The lowest BCUT2D eigenvalue weighted by Gasteiger charge is -2.19. The highest BCUT2D eigenvalue weighted by Gasteiger charge is 2.09. The molecule has 108 valence electrons. The topological polar surface area (TPSA) is 39.1 Å². The summed E-state index contributed by atoms with van der Waals surface area (Å²) in [6.45, 7) is 8.57. The number of benzene rings is 1. The Labute approximate surface area is 120 Å².